The Bertz CT molecular complexity index is 815. The Kier molecular flexibility index (Phi) is 4.07. The number of nitrogens with zero attached hydrogens (tertiary/aromatic N) is 1. The summed E-state index contributed by atoms with van der Waals surface area (Å²) in [6, 6.07) is 18.7. The van der Waals surface area contributed by atoms with Crippen LogP contribution in [0.2, 0.25) is 5.02 Å². The molecule has 1 N–H and O–H groups in total. The van der Waals surface area contributed by atoms with E-state index >= 15 is 0 Å². The standard InChI is InChI=1S/C18H15ClN2O/c1-12(13-6-9-15(19)10-7-13)20-18(22)17-11-8-14-4-2-3-5-16(14)21-17/h2-12H,1H3,(H,20,22)/t12-/m1/s1. The fraction of sp³-hybridized carbons (Fsp3) is 0.111. The van der Waals surface area contributed by atoms with Crippen molar-refractivity contribution in [3.63, 3.8) is 0 Å². The van der Waals surface area contributed by atoms with Gasteiger partial charge >= 0.3 is 0 Å². The minimum atomic E-state index is -0.187. The average molecular weight is 311 g/mol. The molecule has 0 aliphatic rings. The Morgan fingerprint density at radius 3 is 2.55 bits per heavy atom. The topological polar surface area (TPSA) is 42.0 Å². The number of amides is 1. The zero-order valence-electron chi connectivity index (χ0n) is 12.1. The normalized spacial score (nSPS) is 12.1. The van der Waals surface area contributed by atoms with Gasteiger partial charge in [-0.3, -0.25) is 4.79 Å². The molecule has 0 saturated heterocycles. The van der Waals surface area contributed by atoms with Crippen LogP contribution in [-0.4, -0.2) is 10.9 Å². The number of nitrogens with one attached hydrogen (secondary N) is 1. The quantitative estimate of drug-likeness (QED) is 0.780. The molecule has 1 aromatic heterocycles. The van der Waals surface area contributed by atoms with E-state index in [-0.39, 0.29) is 11.9 Å². The van der Waals surface area contributed by atoms with E-state index in [0.717, 1.165) is 16.5 Å². The van der Waals surface area contributed by atoms with Crippen LogP contribution in [-0.2, 0) is 0 Å². The highest BCUT2D eigenvalue weighted by molar-refractivity contribution is 6.30. The first-order valence-corrected chi connectivity index (χ1v) is 7.43. The van der Waals surface area contributed by atoms with Gasteiger partial charge in [0.15, 0.2) is 0 Å². The molecule has 0 saturated carbocycles. The molecule has 4 heteroatoms. The number of rotatable bonds is 3. The molecular formula is C18H15ClN2O. The third kappa shape index (κ3) is 3.10. The summed E-state index contributed by atoms with van der Waals surface area (Å²) in [5, 5.41) is 4.65. The van der Waals surface area contributed by atoms with Crippen LogP contribution in [0.1, 0.15) is 29.0 Å². The Morgan fingerprint density at radius 2 is 1.77 bits per heavy atom. The van der Waals surface area contributed by atoms with Gasteiger partial charge in [-0.05, 0) is 36.8 Å². The van der Waals surface area contributed by atoms with Crippen molar-refractivity contribution < 1.29 is 4.79 Å². The van der Waals surface area contributed by atoms with E-state index in [1.807, 2.05) is 61.5 Å². The summed E-state index contributed by atoms with van der Waals surface area (Å²) < 4.78 is 0. The van der Waals surface area contributed by atoms with Gasteiger partial charge in [0, 0.05) is 10.4 Å². The number of carbonyl (C=O) groups excluding carboxylic acids is 1. The van der Waals surface area contributed by atoms with Crippen molar-refractivity contribution in [3.05, 3.63) is 76.9 Å². The van der Waals surface area contributed by atoms with Gasteiger partial charge < -0.3 is 5.32 Å². The van der Waals surface area contributed by atoms with E-state index in [4.69, 9.17) is 11.6 Å². The lowest BCUT2D eigenvalue weighted by Crippen LogP contribution is -2.27. The summed E-state index contributed by atoms with van der Waals surface area (Å²) in [6.07, 6.45) is 0. The second-order valence-electron chi connectivity index (χ2n) is 5.14. The second-order valence-corrected chi connectivity index (χ2v) is 5.57. The molecule has 2 aromatic carbocycles. The van der Waals surface area contributed by atoms with E-state index < -0.39 is 0 Å². The lowest BCUT2D eigenvalue weighted by molar-refractivity contribution is 0.0935. The third-order valence-electron chi connectivity index (χ3n) is 3.55. The van der Waals surface area contributed by atoms with Crippen LogP contribution in [0.15, 0.2) is 60.7 Å². The molecule has 1 amide bonds. The number of carbonyl (C=O) groups is 1. The lowest BCUT2D eigenvalue weighted by atomic mass is 10.1. The molecule has 110 valence electrons. The minimum absolute atomic E-state index is 0.113. The maximum Gasteiger partial charge on any atom is 0.270 e. The number of para-hydroxylation sites is 1. The maximum absolute atomic E-state index is 12.3. The second kappa shape index (κ2) is 6.16. The highest BCUT2D eigenvalue weighted by Crippen LogP contribution is 2.17. The van der Waals surface area contributed by atoms with Crippen molar-refractivity contribution in [1.29, 1.82) is 0 Å². The number of aromatic nitrogens is 1. The minimum Gasteiger partial charge on any atom is -0.344 e. The predicted molar refractivity (Wildman–Crippen MR) is 89.1 cm³/mol. The highest BCUT2D eigenvalue weighted by atomic mass is 35.5. The molecule has 3 nitrogen and oxygen atoms in total. The smallest absolute Gasteiger partial charge is 0.270 e. The van der Waals surface area contributed by atoms with Gasteiger partial charge in [0.05, 0.1) is 11.6 Å². The predicted octanol–water partition coefficient (Wildman–Crippen LogP) is 4.38. The Morgan fingerprint density at radius 1 is 1.05 bits per heavy atom. The van der Waals surface area contributed by atoms with Gasteiger partial charge in [0.1, 0.15) is 5.69 Å². The largest absolute Gasteiger partial charge is 0.344 e. The van der Waals surface area contributed by atoms with E-state index in [9.17, 15) is 4.79 Å². The fourth-order valence-corrected chi connectivity index (χ4v) is 2.42. The van der Waals surface area contributed by atoms with E-state index in [1.165, 1.54) is 0 Å². The number of benzene rings is 2. The summed E-state index contributed by atoms with van der Waals surface area (Å²) in [7, 11) is 0. The summed E-state index contributed by atoms with van der Waals surface area (Å²) in [5.41, 5.74) is 2.23. The van der Waals surface area contributed by atoms with Crippen molar-refractivity contribution in [3.8, 4) is 0 Å². The number of pyridine rings is 1. The van der Waals surface area contributed by atoms with Crippen LogP contribution in [0.3, 0.4) is 0 Å². The van der Waals surface area contributed by atoms with Crippen LogP contribution in [0.5, 0.6) is 0 Å². The molecule has 0 aliphatic heterocycles. The van der Waals surface area contributed by atoms with E-state index in [1.54, 1.807) is 6.07 Å². The monoisotopic (exact) mass is 310 g/mol. The Balaban J connectivity index is 1.79. The van der Waals surface area contributed by atoms with Crippen molar-refractivity contribution >= 4 is 28.4 Å². The van der Waals surface area contributed by atoms with Crippen molar-refractivity contribution in [2.75, 3.05) is 0 Å². The molecule has 0 unspecified atom stereocenters. The van der Waals surface area contributed by atoms with Crippen molar-refractivity contribution in [2.45, 2.75) is 13.0 Å². The Labute approximate surface area is 133 Å². The average Bonchev–Trinajstić information content (AvgIpc) is 2.55. The molecule has 3 rings (SSSR count). The fourth-order valence-electron chi connectivity index (χ4n) is 2.30. The molecular weight excluding hydrogens is 296 g/mol. The number of fused-ring (bicyclic) bond motifs is 1. The van der Waals surface area contributed by atoms with Gasteiger partial charge in [-0.15, -0.1) is 0 Å². The van der Waals surface area contributed by atoms with Crippen LogP contribution >= 0.6 is 11.6 Å². The summed E-state index contributed by atoms with van der Waals surface area (Å²) >= 11 is 5.88. The summed E-state index contributed by atoms with van der Waals surface area (Å²) in [5.74, 6) is -0.187. The first-order valence-electron chi connectivity index (χ1n) is 7.05. The highest BCUT2D eigenvalue weighted by Gasteiger charge is 2.13. The number of halogens is 1. The first kappa shape index (κ1) is 14.5. The van der Waals surface area contributed by atoms with Crippen molar-refractivity contribution in [2.24, 2.45) is 0 Å². The van der Waals surface area contributed by atoms with Gasteiger partial charge in [0.2, 0.25) is 0 Å². The van der Waals surface area contributed by atoms with Crippen molar-refractivity contribution in [1.82, 2.24) is 10.3 Å². The van der Waals surface area contributed by atoms with E-state index in [0.29, 0.717) is 10.7 Å². The number of hydrogen-bond acceptors (Lipinski definition) is 2. The molecule has 0 aliphatic carbocycles. The maximum atomic E-state index is 12.3. The summed E-state index contributed by atoms with van der Waals surface area (Å²) in [4.78, 5) is 16.7. The molecule has 0 bridgehead atoms. The first-order chi connectivity index (χ1) is 10.6. The van der Waals surface area contributed by atoms with Crippen LogP contribution in [0.4, 0.5) is 0 Å². The summed E-state index contributed by atoms with van der Waals surface area (Å²) in [6.45, 7) is 1.93. The van der Waals surface area contributed by atoms with Gasteiger partial charge in [-0.1, -0.05) is 48.0 Å². The molecule has 22 heavy (non-hydrogen) atoms. The van der Waals surface area contributed by atoms with E-state index in [2.05, 4.69) is 10.3 Å². The van der Waals surface area contributed by atoms with Gasteiger partial charge in [-0.2, -0.15) is 0 Å². The van der Waals surface area contributed by atoms with Crippen LogP contribution < -0.4 is 5.32 Å². The Hall–Kier alpha value is -2.39. The zero-order valence-corrected chi connectivity index (χ0v) is 12.8. The lowest BCUT2D eigenvalue weighted by Gasteiger charge is -2.14. The molecule has 3 aromatic rings. The van der Waals surface area contributed by atoms with Crippen LogP contribution in [0.25, 0.3) is 10.9 Å². The molecule has 1 heterocycles. The third-order valence-corrected chi connectivity index (χ3v) is 3.80. The molecule has 0 spiro atoms. The molecule has 0 radical (unpaired) electrons. The van der Waals surface area contributed by atoms with Crippen LogP contribution in [0, 0.1) is 0 Å². The van der Waals surface area contributed by atoms with Gasteiger partial charge in [-0.25, -0.2) is 4.98 Å². The molecule has 0 fully saturated rings. The zero-order chi connectivity index (χ0) is 15.5. The molecule has 1 atom stereocenters. The number of hydrogen-bond donors (Lipinski definition) is 1. The SMILES string of the molecule is C[C@@H](NC(=O)c1ccc2ccccc2n1)c1ccc(Cl)cc1. The van der Waals surface area contributed by atoms with Gasteiger partial charge in [0.25, 0.3) is 5.91 Å².